The monoisotopic (exact) mass is 256 g/mol. The molecule has 4 N–H and O–H groups in total. The van der Waals surface area contributed by atoms with E-state index in [9.17, 15) is 9.36 Å². The predicted octanol–water partition coefficient (Wildman–Crippen LogP) is 0.530. The largest absolute Gasteiger partial charge is 0.345 e. The van der Waals surface area contributed by atoms with Crippen LogP contribution >= 0.6 is 7.37 Å². The van der Waals surface area contributed by atoms with Crippen molar-refractivity contribution in [1.82, 2.24) is 5.32 Å². The third kappa shape index (κ3) is 5.63. The third-order valence-electron chi connectivity index (χ3n) is 2.18. The Balaban J connectivity index is 2.45. The van der Waals surface area contributed by atoms with Crippen molar-refractivity contribution in [3.8, 4) is 0 Å². The van der Waals surface area contributed by atoms with Crippen LogP contribution in [0.15, 0.2) is 30.3 Å². The Hall–Kier alpha value is -1.16. The van der Waals surface area contributed by atoms with Gasteiger partial charge in [0.05, 0.1) is 12.3 Å². The normalized spacial score (nSPS) is 15.9. The van der Waals surface area contributed by atoms with E-state index in [0.29, 0.717) is 6.42 Å². The van der Waals surface area contributed by atoms with Gasteiger partial charge in [0.25, 0.3) is 0 Å². The van der Waals surface area contributed by atoms with E-state index < -0.39 is 19.3 Å². The summed E-state index contributed by atoms with van der Waals surface area (Å²) in [6, 6.07) is 8.67. The van der Waals surface area contributed by atoms with E-state index in [2.05, 4.69) is 5.32 Å². The maximum Gasteiger partial charge on any atom is 0.237 e. The molecule has 2 atom stereocenters. The highest BCUT2D eigenvalue weighted by Crippen LogP contribution is 2.32. The van der Waals surface area contributed by atoms with Gasteiger partial charge in [-0.2, -0.15) is 0 Å². The first kappa shape index (κ1) is 13.9. The lowest BCUT2D eigenvalue weighted by Gasteiger charge is -2.13. The van der Waals surface area contributed by atoms with Crippen LogP contribution in [0.4, 0.5) is 0 Å². The number of carbonyl (C=O) groups is 1. The van der Waals surface area contributed by atoms with Crippen molar-refractivity contribution in [3.05, 3.63) is 35.9 Å². The molecule has 0 aromatic heterocycles. The standard InChI is InChI=1S/C11H17N2O3P/c1-17(15,16)8-13-11(14)10(12)7-9-5-3-2-4-6-9/h2-6,10H,7-8,12H2,1H3,(H,13,14)(H,15,16)/t10-/m0/s1. The molecule has 1 unspecified atom stereocenters. The molecule has 0 spiro atoms. The second kappa shape index (κ2) is 5.96. The average Bonchev–Trinajstić information content (AvgIpc) is 2.26. The zero-order chi connectivity index (χ0) is 12.9. The summed E-state index contributed by atoms with van der Waals surface area (Å²) in [5.41, 5.74) is 6.65. The molecule has 6 heteroatoms. The quantitative estimate of drug-likeness (QED) is 0.670. The van der Waals surface area contributed by atoms with E-state index in [1.54, 1.807) is 0 Å². The van der Waals surface area contributed by atoms with Crippen LogP contribution in [0.25, 0.3) is 0 Å². The minimum atomic E-state index is -3.23. The van der Waals surface area contributed by atoms with Crippen molar-refractivity contribution in [2.45, 2.75) is 12.5 Å². The molecule has 17 heavy (non-hydrogen) atoms. The van der Waals surface area contributed by atoms with Crippen LogP contribution in [0.5, 0.6) is 0 Å². The number of hydrogen-bond acceptors (Lipinski definition) is 3. The number of nitrogens with two attached hydrogens (primary N) is 1. The molecular weight excluding hydrogens is 239 g/mol. The third-order valence-corrected chi connectivity index (χ3v) is 2.93. The Morgan fingerprint density at radius 2 is 2.06 bits per heavy atom. The summed E-state index contributed by atoms with van der Waals surface area (Å²) in [5, 5.41) is 2.37. The minimum Gasteiger partial charge on any atom is -0.345 e. The Morgan fingerprint density at radius 3 is 2.59 bits per heavy atom. The van der Waals surface area contributed by atoms with E-state index in [0.717, 1.165) is 5.56 Å². The molecule has 0 saturated carbocycles. The number of carbonyl (C=O) groups excluding carboxylic acids is 1. The summed E-state index contributed by atoms with van der Waals surface area (Å²) in [5.74, 6) is -0.412. The molecule has 5 nitrogen and oxygen atoms in total. The van der Waals surface area contributed by atoms with Gasteiger partial charge in [-0.3, -0.25) is 9.36 Å². The van der Waals surface area contributed by atoms with E-state index in [1.807, 2.05) is 30.3 Å². The maximum atomic E-state index is 11.5. The van der Waals surface area contributed by atoms with Crippen LogP contribution in [0, 0.1) is 0 Å². The molecule has 0 fully saturated rings. The second-order valence-electron chi connectivity index (χ2n) is 4.05. The second-order valence-corrected chi connectivity index (χ2v) is 6.46. The molecule has 0 aliphatic rings. The molecule has 94 valence electrons. The molecule has 0 saturated heterocycles. The number of hydrogen-bond donors (Lipinski definition) is 3. The van der Waals surface area contributed by atoms with Gasteiger partial charge in [0.15, 0.2) is 0 Å². The van der Waals surface area contributed by atoms with Crippen molar-refractivity contribution >= 4 is 13.3 Å². The molecule has 0 aliphatic carbocycles. The maximum absolute atomic E-state index is 11.5. The summed E-state index contributed by atoms with van der Waals surface area (Å²) in [7, 11) is -3.23. The molecule has 1 aromatic carbocycles. The highest BCUT2D eigenvalue weighted by Gasteiger charge is 2.17. The van der Waals surface area contributed by atoms with Gasteiger partial charge in [0, 0.05) is 6.66 Å². The van der Waals surface area contributed by atoms with Crippen molar-refractivity contribution in [3.63, 3.8) is 0 Å². The van der Waals surface area contributed by atoms with Crippen LogP contribution in [-0.4, -0.2) is 29.8 Å². The lowest BCUT2D eigenvalue weighted by atomic mass is 10.1. The van der Waals surface area contributed by atoms with Crippen LogP contribution in [0.2, 0.25) is 0 Å². The van der Waals surface area contributed by atoms with Crippen LogP contribution < -0.4 is 11.1 Å². The van der Waals surface area contributed by atoms with Gasteiger partial charge in [-0.25, -0.2) is 0 Å². The molecule has 1 aromatic rings. The van der Waals surface area contributed by atoms with E-state index in [4.69, 9.17) is 10.6 Å². The number of nitrogens with one attached hydrogen (secondary N) is 1. The zero-order valence-corrected chi connectivity index (χ0v) is 10.6. The van der Waals surface area contributed by atoms with Gasteiger partial charge in [-0.05, 0) is 12.0 Å². The fourth-order valence-electron chi connectivity index (χ4n) is 1.32. The SMILES string of the molecule is CP(=O)(O)CNC(=O)[C@@H](N)Cc1ccccc1. The fourth-order valence-corrected chi connectivity index (χ4v) is 1.77. The molecule has 0 bridgehead atoms. The van der Waals surface area contributed by atoms with Gasteiger partial charge in [0.1, 0.15) is 0 Å². The van der Waals surface area contributed by atoms with Crippen molar-refractivity contribution in [2.75, 3.05) is 13.0 Å². The molecular formula is C11H17N2O3P. The zero-order valence-electron chi connectivity index (χ0n) is 9.67. The highest BCUT2D eigenvalue weighted by molar-refractivity contribution is 7.57. The molecule has 0 radical (unpaired) electrons. The predicted molar refractivity (Wildman–Crippen MR) is 66.9 cm³/mol. The first-order chi connectivity index (χ1) is 7.88. The lowest BCUT2D eigenvalue weighted by Crippen LogP contribution is -2.42. The Kier molecular flexibility index (Phi) is 4.87. The molecule has 1 rings (SSSR count). The summed E-state index contributed by atoms with van der Waals surface area (Å²) in [6.45, 7) is 1.19. The van der Waals surface area contributed by atoms with Crippen molar-refractivity contribution < 1.29 is 14.3 Å². The highest BCUT2D eigenvalue weighted by atomic mass is 31.2. The summed E-state index contributed by atoms with van der Waals surface area (Å²) >= 11 is 0. The Bertz CT molecular complexity index is 416. The molecule has 0 heterocycles. The van der Waals surface area contributed by atoms with E-state index in [-0.39, 0.29) is 6.29 Å². The summed E-state index contributed by atoms with van der Waals surface area (Å²) in [6.07, 6.45) is 0.167. The Labute approximate surface area is 100 Å². The van der Waals surface area contributed by atoms with Crippen molar-refractivity contribution in [1.29, 1.82) is 0 Å². The van der Waals surface area contributed by atoms with Gasteiger partial charge < -0.3 is 15.9 Å². The van der Waals surface area contributed by atoms with Crippen LogP contribution in [0.3, 0.4) is 0 Å². The topological polar surface area (TPSA) is 92.4 Å². The fraction of sp³-hybridized carbons (Fsp3) is 0.364. The van der Waals surface area contributed by atoms with Crippen molar-refractivity contribution in [2.24, 2.45) is 5.73 Å². The van der Waals surface area contributed by atoms with Gasteiger partial charge in [-0.15, -0.1) is 0 Å². The van der Waals surface area contributed by atoms with Gasteiger partial charge in [-0.1, -0.05) is 30.3 Å². The molecule has 0 aliphatic heterocycles. The number of rotatable bonds is 5. The number of amides is 1. The molecule has 1 amide bonds. The van der Waals surface area contributed by atoms with E-state index in [1.165, 1.54) is 6.66 Å². The first-order valence-electron chi connectivity index (χ1n) is 5.25. The average molecular weight is 256 g/mol. The van der Waals surface area contributed by atoms with Gasteiger partial charge in [0.2, 0.25) is 13.3 Å². The smallest absolute Gasteiger partial charge is 0.237 e. The minimum absolute atomic E-state index is 0.242. The van der Waals surface area contributed by atoms with Gasteiger partial charge >= 0.3 is 0 Å². The van der Waals surface area contributed by atoms with Crippen LogP contribution in [0.1, 0.15) is 5.56 Å². The number of benzene rings is 1. The lowest BCUT2D eigenvalue weighted by molar-refractivity contribution is -0.122. The van der Waals surface area contributed by atoms with E-state index >= 15 is 0 Å². The van der Waals surface area contributed by atoms with Crippen LogP contribution in [-0.2, 0) is 15.8 Å². The Morgan fingerprint density at radius 1 is 1.47 bits per heavy atom. The first-order valence-corrected chi connectivity index (χ1v) is 7.54. The summed E-state index contributed by atoms with van der Waals surface area (Å²) in [4.78, 5) is 20.6. The summed E-state index contributed by atoms with van der Waals surface area (Å²) < 4.78 is 11.0.